The van der Waals surface area contributed by atoms with Crippen molar-refractivity contribution in [3.63, 3.8) is 0 Å². The Balaban J connectivity index is 1.99. The van der Waals surface area contributed by atoms with Crippen LogP contribution in [0.5, 0.6) is 0 Å². The summed E-state index contributed by atoms with van der Waals surface area (Å²) in [5.74, 6) is 0.735. The normalized spacial score (nSPS) is 20.4. The summed E-state index contributed by atoms with van der Waals surface area (Å²) in [7, 11) is 1.92. The van der Waals surface area contributed by atoms with Crippen molar-refractivity contribution in [1.29, 1.82) is 0 Å². The van der Waals surface area contributed by atoms with Gasteiger partial charge < -0.3 is 10.2 Å². The zero-order valence-electron chi connectivity index (χ0n) is 10.7. The Labute approximate surface area is 108 Å². The van der Waals surface area contributed by atoms with Crippen LogP contribution in [-0.4, -0.2) is 32.9 Å². The van der Waals surface area contributed by atoms with Crippen molar-refractivity contribution in [2.45, 2.75) is 26.7 Å². The quantitative estimate of drug-likeness (QED) is 0.777. The van der Waals surface area contributed by atoms with E-state index in [1.54, 1.807) is 4.68 Å². The van der Waals surface area contributed by atoms with Crippen LogP contribution in [0.25, 0.3) is 0 Å². The standard InChI is InChI=1S/C12H20N4S/c1-9-5-4-6-16(7-9)12(17)13-11-8-15(3)14-10(11)2/h8-9H,4-7H2,1-3H3,(H,13,17)/t9-/m1/s1. The first-order valence-corrected chi connectivity index (χ1v) is 6.53. The molecule has 1 N–H and O–H groups in total. The third-order valence-corrected chi connectivity index (χ3v) is 3.56. The molecule has 5 heteroatoms. The Morgan fingerprint density at radius 3 is 2.94 bits per heavy atom. The van der Waals surface area contributed by atoms with Crippen LogP contribution in [0.15, 0.2) is 6.20 Å². The summed E-state index contributed by atoms with van der Waals surface area (Å²) in [6, 6.07) is 0. The lowest BCUT2D eigenvalue weighted by Gasteiger charge is -2.32. The zero-order chi connectivity index (χ0) is 12.4. The van der Waals surface area contributed by atoms with E-state index < -0.39 is 0 Å². The molecule has 0 amide bonds. The Morgan fingerprint density at radius 2 is 2.35 bits per heavy atom. The van der Waals surface area contributed by atoms with Crippen LogP contribution in [-0.2, 0) is 7.05 Å². The molecule has 1 aromatic heterocycles. The van der Waals surface area contributed by atoms with Gasteiger partial charge in [0.25, 0.3) is 0 Å². The zero-order valence-corrected chi connectivity index (χ0v) is 11.5. The average Bonchev–Trinajstić information content (AvgIpc) is 2.57. The predicted molar refractivity (Wildman–Crippen MR) is 74.1 cm³/mol. The maximum Gasteiger partial charge on any atom is 0.173 e. The van der Waals surface area contributed by atoms with Crippen molar-refractivity contribution >= 4 is 23.0 Å². The van der Waals surface area contributed by atoms with Crippen molar-refractivity contribution in [2.24, 2.45) is 13.0 Å². The minimum Gasteiger partial charge on any atom is -0.349 e. The number of nitrogens with zero attached hydrogens (tertiary/aromatic N) is 3. The molecule has 0 aliphatic carbocycles. The van der Waals surface area contributed by atoms with E-state index in [2.05, 4.69) is 22.2 Å². The molecule has 2 rings (SSSR count). The first-order valence-electron chi connectivity index (χ1n) is 6.12. The van der Waals surface area contributed by atoms with Gasteiger partial charge in [0, 0.05) is 26.3 Å². The molecule has 1 aliphatic rings. The van der Waals surface area contributed by atoms with Gasteiger partial charge in [-0.05, 0) is 37.9 Å². The van der Waals surface area contributed by atoms with Gasteiger partial charge in [0.2, 0.25) is 0 Å². The van der Waals surface area contributed by atoms with Gasteiger partial charge in [-0.1, -0.05) is 6.92 Å². The van der Waals surface area contributed by atoms with Crippen molar-refractivity contribution in [1.82, 2.24) is 14.7 Å². The summed E-state index contributed by atoms with van der Waals surface area (Å²) >= 11 is 5.46. The van der Waals surface area contributed by atoms with Crippen LogP contribution >= 0.6 is 12.2 Å². The number of hydrogen-bond acceptors (Lipinski definition) is 2. The molecular weight excluding hydrogens is 232 g/mol. The van der Waals surface area contributed by atoms with E-state index in [9.17, 15) is 0 Å². The highest BCUT2D eigenvalue weighted by atomic mass is 32.1. The Morgan fingerprint density at radius 1 is 1.59 bits per heavy atom. The molecule has 17 heavy (non-hydrogen) atoms. The lowest BCUT2D eigenvalue weighted by atomic mass is 10.0. The van der Waals surface area contributed by atoms with Gasteiger partial charge >= 0.3 is 0 Å². The minimum atomic E-state index is 0.735. The molecular formula is C12H20N4S. The minimum absolute atomic E-state index is 0.735. The van der Waals surface area contributed by atoms with Crippen LogP contribution in [0.1, 0.15) is 25.5 Å². The second kappa shape index (κ2) is 5.04. The van der Waals surface area contributed by atoms with E-state index >= 15 is 0 Å². The lowest BCUT2D eigenvalue weighted by Crippen LogP contribution is -2.41. The third kappa shape index (κ3) is 2.97. The molecule has 0 unspecified atom stereocenters. The summed E-state index contributed by atoms with van der Waals surface area (Å²) in [6.45, 7) is 6.40. The van der Waals surface area contributed by atoms with Crippen molar-refractivity contribution in [3.8, 4) is 0 Å². The van der Waals surface area contributed by atoms with Gasteiger partial charge in [-0.25, -0.2) is 0 Å². The van der Waals surface area contributed by atoms with Crippen molar-refractivity contribution < 1.29 is 0 Å². The van der Waals surface area contributed by atoms with Crippen molar-refractivity contribution in [3.05, 3.63) is 11.9 Å². The number of aryl methyl sites for hydroxylation is 2. The highest BCUT2D eigenvalue weighted by Crippen LogP contribution is 2.18. The van der Waals surface area contributed by atoms with E-state index in [1.807, 2.05) is 20.2 Å². The highest BCUT2D eigenvalue weighted by molar-refractivity contribution is 7.80. The molecule has 1 atom stereocenters. The van der Waals surface area contributed by atoms with Gasteiger partial charge in [-0.2, -0.15) is 5.10 Å². The SMILES string of the molecule is Cc1nn(C)cc1NC(=S)N1CCC[C@@H](C)C1. The molecule has 0 aromatic carbocycles. The maximum atomic E-state index is 5.46. The molecule has 4 nitrogen and oxygen atoms in total. The summed E-state index contributed by atoms with van der Waals surface area (Å²) in [4.78, 5) is 2.26. The Kier molecular flexibility index (Phi) is 3.66. The summed E-state index contributed by atoms with van der Waals surface area (Å²) in [5.41, 5.74) is 2.00. The van der Waals surface area contributed by atoms with Crippen LogP contribution < -0.4 is 5.32 Å². The maximum absolute atomic E-state index is 5.46. The molecule has 2 heterocycles. The fourth-order valence-electron chi connectivity index (χ4n) is 2.29. The average molecular weight is 252 g/mol. The summed E-state index contributed by atoms with van der Waals surface area (Å²) < 4.78 is 1.80. The van der Waals surface area contributed by atoms with E-state index in [0.717, 1.165) is 35.5 Å². The topological polar surface area (TPSA) is 33.1 Å². The third-order valence-electron chi connectivity index (χ3n) is 3.20. The fraction of sp³-hybridized carbons (Fsp3) is 0.667. The molecule has 0 radical (unpaired) electrons. The molecule has 0 spiro atoms. The van der Waals surface area contributed by atoms with Gasteiger partial charge in [-0.3, -0.25) is 4.68 Å². The smallest absolute Gasteiger partial charge is 0.173 e. The van der Waals surface area contributed by atoms with Crippen LogP contribution in [0, 0.1) is 12.8 Å². The summed E-state index contributed by atoms with van der Waals surface area (Å²) in [6.07, 6.45) is 4.51. The molecule has 1 aliphatic heterocycles. The van der Waals surface area contributed by atoms with E-state index in [1.165, 1.54) is 12.8 Å². The first kappa shape index (κ1) is 12.4. The second-order valence-electron chi connectivity index (χ2n) is 4.93. The number of piperidine rings is 1. The van der Waals surface area contributed by atoms with Crippen molar-refractivity contribution in [2.75, 3.05) is 18.4 Å². The second-order valence-corrected chi connectivity index (χ2v) is 5.31. The van der Waals surface area contributed by atoms with Crippen LogP contribution in [0.4, 0.5) is 5.69 Å². The van der Waals surface area contributed by atoms with E-state index in [4.69, 9.17) is 12.2 Å². The van der Waals surface area contributed by atoms with Crippen LogP contribution in [0.2, 0.25) is 0 Å². The molecule has 0 bridgehead atoms. The Bertz CT molecular complexity index is 413. The number of aromatic nitrogens is 2. The van der Waals surface area contributed by atoms with Crippen LogP contribution in [0.3, 0.4) is 0 Å². The fourth-order valence-corrected chi connectivity index (χ4v) is 2.57. The first-order chi connectivity index (χ1) is 8.06. The molecule has 1 saturated heterocycles. The number of anilines is 1. The number of hydrogen-bond donors (Lipinski definition) is 1. The number of rotatable bonds is 1. The lowest BCUT2D eigenvalue weighted by molar-refractivity contribution is 0.276. The number of nitrogens with one attached hydrogen (secondary N) is 1. The largest absolute Gasteiger partial charge is 0.349 e. The predicted octanol–water partition coefficient (Wildman–Crippen LogP) is 2.16. The molecule has 0 saturated carbocycles. The number of thiocarbonyl (C=S) groups is 1. The van der Waals surface area contributed by atoms with Gasteiger partial charge in [0.1, 0.15) is 0 Å². The Hall–Kier alpha value is -1.10. The molecule has 94 valence electrons. The number of likely N-dealkylation sites (tertiary alicyclic amines) is 1. The van der Waals surface area contributed by atoms with E-state index in [-0.39, 0.29) is 0 Å². The summed E-state index contributed by atoms with van der Waals surface area (Å²) in [5, 5.41) is 8.42. The van der Waals surface area contributed by atoms with Gasteiger partial charge in [0.15, 0.2) is 5.11 Å². The van der Waals surface area contributed by atoms with E-state index in [0.29, 0.717) is 0 Å². The monoisotopic (exact) mass is 252 g/mol. The van der Waals surface area contributed by atoms with Gasteiger partial charge in [-0.15, -0.1) is 0 Å². The molecule has 1 aromatic rings. The molecule has 1 fully saturated rings. The van der Waals surface area contributed by atoms with Gasteiger partial charge in [0.05, 0.1) is 11.4 Å². The highest BCUT2D eigenvalue weighted by Gasteiger charge is 2.19.